The van der Waals surface area contributed by atoms with E-state index in [0.29, 0.717) is 26.4 Å². The molecule has 0 aliphatic rings. The Labute approximate surface area is 162 Å². The fourth-order valence-electron chi connectivity index (χ4n) is 1.96. The summed E-state index contributed by atoms with van der Waals surface area (Å²) < 4.78 is 31.2. The number of hydrogen-bond acceptors (Lipinski definition) is 10. The molecule has 1 aromatic carbocycles. The van der Waals surface area contributed by atoms with Gasteiger partial charge in [-0.05, 0) is 0 Å². The Morgan fingerprint density at radius 3 is 1.93 bits per heavy atom. The predicted octanol–water partition coefficient (Wildman–Crippen LogP) is 1.65. The Balaban J connectivity index is 2.79. The van der Waals surface area contributed by atoms with Crippen molar-refractivity contribution in [3.05, 3.63) is 22.2 Å². The van der Waals surface area contributed by atoms with Crippen LogP contribution < -0.4 is 9.47 Å². The number of benzene rings is 1. The zero-order valence-electron chi connectivity index (χ0n) is 15.9. The van der Waals surface area contributed by atoms with Gasteiger partial charge in [-0.25, -0.2) is 4.79 Å². The number of nitro groups is 1. The molecule has 0 amide bonds. The van der Waals surface area contributed by atoms with Crippen molar-refractivity contribution in [1.82, 2.24) is 0 Å². The molecule has 28 heavy (non-hydrogen) atoms. The molecule has 0 unspecified atom stereocenters. The van der Waals surface area contributed by atoms with E-state index in [1.54, 1.807) is 14.2 Å². The highest BCUT2D eigenvalue weighted by molar-refractivity contribution is 5.67. The maximum absolute atomic E-state index is 11.3. The van der Waals surface area contributed by atoms with E-state index in [1.807, 2.05) is 0 Å². The molecule has 1 aromatic rings. The van der Waals surface area contributed by atoms with Crippen molar-refractivity contribution in [3.63, 3.8) is 0 Å². The summed E-state index contributed by atoms with van der Waals surface area (Å²) in [7, 11) is 3.11. The molecule has 0 aromatic heterocycles. The summed E-state index contributed by atoms with van der Waals surface area (Å²) in [5.74, 6) is 0.111. The van der Waals surface area contributed by atoms with Crippen LogP contribution in [0.25, 0.3) is 0 Å². The van der Waals surface area contributed by atoms with Crippen molar-refractivity contribution in [2.45, 2.75) is 0 Å². The van der Waals surface area contributed by atoms with E-state index in [4.69, 9.17) is 28.4 Å². The Bertz CT molecular complexity index is 611. The zero-order chi connectivity index (χ0) is 20.6. The van der Waals surface area contributed by atoms with Gasteiger partial charge < -0.3 is 28.4 Å². The lowest BCUT2D eigenvalue weighted by molar-refractivity contribution is -0.385. The molecular formula is C17H24N2O9. The highest BCUT2D eigenvalue weighted by atomic mass is 16.6. The molecule has 0 aliphatic heterocycles. The van der Waals surface area contributed by atoms with Crippen molar-refractivity contribution in [2.75, 3.05) is 67.1 Å². The van der Waals surface area contributed by atoms with Gasteiger partial charge in [0.25, 0.3) is 0 Å². The molecule has 0 aliphatic carbocycles. The molecule has 1 rings (SSSR count). The summed E-state index contributed by atoms with van der Waals surface area (Å²) in [6.45, 7) is 2.37. The van der Waals surface area contributed by atoms with Crippen LogP contribution in [0.5, 0.6) is 11.5 Å². The predicted molar refractivity (Wildman–Crippen MR) is 97.3 cm³/mol. The van der Waals surface area contributed by atoms with Gasteiger partial charge in [-0.2, -0.15) is 4.99 Å². The molecule has 0 N–H and O–H groups in total. The van der Waals surface area contributed by atoms with Crippen LogP contribution in [0.1, 0.15) is 0 Å². The molecule has 11 heteroatoms. The maximum Gasteiger partial charge on any atom is 0.313 e. The third-order valence-electron chi connectivity index (χ3n) is 3.24. The standard InChI is InChI=1S/C17H24N2O9/c1-23-3-5-25-7-9-27-16-12-17(28-10-8-26-6-4-24-2)15(19(21)22)11-14(16)18-13-20/h11-12H,3-10H2,1-2H3. The first-order valence-electron chi connectivity index (χ1n) is 8.43. The lowest BCUT2D eigenvalue weighted by Crippen LogP contribution is -2.12. The number of rotatable bonds is 16. The average molecular weight is 400 g/mol. The van der Waals surface area contributed by atoms with Crippen LogP contribution in [-0.2, 0) is 23.7 Å². The Kier molecular flexibility index (Phi) is 12.2. The van der Waals surface area contributed by atoms with Gasteiger partial charge in [-0.15, -0.1) is 0 Å². The van der Waals surface area contributed by atoms with Crippen LogP contribution in [-0.4, -0.2) is 78.1 Å². The third kappa shape index (κ3) is 8.89. The van der Waals surface area contributed by atoms with E-state index < -0.39 is 4.92 Å². The third-order valence-corrected chi connectivity index (χ3v) is 3.24. The lowest BCUT2D eigenvalue weighted by atomic mass is 10.2. The van der Waals surface area contributed by atoms with Gasteiger partial charge in [0.1, 0.15) is 24.7 Å². The molecule has 0 heterocycles. The highest BCUT2D eigenvalue weighted by Gasteiger charge is 2.20. The van der Waals surface area contributed by atoms with Crippen molar-refractivity contribution in [2.24, 2.45) is 4.99 Å². The topological polar surface area (TPSA) is 128 Å². The smallest absolute Gasteiger partial charge is 0.313 e. The first-order valence-corrected chi connectivity index (χ1v) is 8.43. The largest absolute Gasteiger partial charge is 0.489 e. The number of hydrogen-bond donors (Lipinski definition) is 0. The summed E-state index contributed by atoms with van der Waals surface area (Å²) in [6, 6.07) is 2.39. The number of isocyanates is 1. The van der Waals surface area contributed by atoms with Gasteiger partial charge in [-0.3, -0.25) is 10.1 Å². The molecule has 0 saturated carbocycles. The van der Waals surface area contributed by atoms with Crippen LogP contribution >= 0.6 is 0 Å². The van der Waals surface area contributed by atoms with Gasteiger partial charge in [0, 0.05) is 20.3 Å². The molecule has 11 nitrogen and oxygen atoms in total. The fraction of sp³-hybridized carbons (Fsp3) is 0.588. The van der Waals surface area contributed by atoms with Crippen molar-refractivity contribution < 1.29 is 38.1 Å². The van der Waals surface area contributed by atoms with Gasteiger partial charge in [0.05, 0.1) is 50.6 Å². The Morgan fingerprint density at radius 1 is 0.893 bits per heavy atom. The SMILES string of the molecule is COCCOCCOc1cc(OCCOCCOC)c([N+](=O)[O-])cc1N=C=O. The van der Waals surface area contributed by atoms with Crippen LogP contribution in [0.15, 0.2) is 17.1 Å². The molecule has 0 atom stereocenters. The minimum absolute atomic E-state index is 0.0257. The molecule has 0 fully saturated rings. The highest BCUT2D eigenvalue weighted by Crippen LogP contribution is 2.39. The van der Waals surface area contributed by atoms with E-state index in [-0.39, 0.29) is 49.3 Å². The Morgan fingerprint density at radius 2 is 1.43 bits per heavy atom. The van der Waals surface area contributed by atoms with E-state index in [2.05, 4.69) is 4.99 Å². The summed E-state index contributed by atoms with van der Waals surface area (Å²) in [5.41, 5.74) is -0.378. The second-order valence-electron chi connectivity index (χ2n) is 5.16. The maximum atomic E-state index is 11.3. The Hall–Kier alpha value is -2.56. The fourth-order valence-corrected chi connectivity index (χ4v) is 1.96. The molecule has 0 radical (unpaired) electrons. The van der Waals surface area contributed by atoms with E-state index in [1.165, 1.54) is 12.1 Å². The van der Waals surface area contributed by atoms with Crippen molar-refractivity contribution in [1.29, 1.82) is 0 Å². The van der Waals surface area contributed by atoms with Crippen LogP contribution in [0, 0.1) is 10.1 Å². The monoisotopic (exact) mass is 400 g/mol. The number of nitrogens with zero attached hydrogens (tertiary/aromatic N) is 2. The van der Waals surface area contributed by atoms with Gasteiger partial charge in [0.15, 0.2) is 0 Å². The number of ether oxygens (including phenoxy) is 6. The van der Waals surface area contributed by atoms with Crippen LogP contribution in [0.3, 0.4) is 0 Å². The second kappa shape index (κ2) is 14.5. The van der Waals surface area contributed by atoms with E-state index in [9.17, 15) is 14.9 Å². The summed E-state index contributed by atoms with van der Waals surface area (Å²) in [6.07, 6.45) is 1.35. The summed E-state index contributed by atoms with van der Waals surface area (Å²) in [4.78, 5) is 24.7. The normalized spacial score (nSPS) is 10.4. The molecule has 0 saturated heterocycles. The number of nitro benzene ring substituents is 1. The molecular weight excluding hydrogens is 376 g/mol. The average Bonchev–Trinajstić information content (AvgIpc) is 2.68. The van der Waals surface area contributed by atoms with Crippen molar-refractivity contribution in [3.8, 4) is 11.5 Å². The summed E-state index contributed by atoms with van der Waals surface area (Å²) >= 11 is 0. The zero-order valence-corrected chi connectivity index (χ0v) is 15.9. The van der Waals surface area contributed by atoms with Crippen molar-refractivity contribution >= 4 is 17.5 Å². The van der Waals surface area contributed by atoms with Gasteiger partial charge in [-0.1, -0.05) is 0 Å². The van der Waals surface area contributed by atoms with Crippen LogP contribution in [0.4, 0.5) is 11.4 Å². The second-order valence-corrected chi connectivity index (χ2v) is 5.16. The first kappa shape index (κ1) is 23.5. The number of carbonyl (C=O) groups excluding carboxylic acids is 1. The molecule has 0 bridgehead atoms. The van der Waals surface area contributed by atoms with Crippen LogP contribution in [0.2, 0.25) is 0 Å². The number of methoxy groups -OCH3 is 2. The quantitative estimate of drug-likeness (QED) is 0.134. The lowest BCUT2D eigenvalue weighted by Gasteiger charge is -2.12. The molecule has 156 valence electrons. The van der Waals surface area contributed by atoms with Gasteiger partial charge in [0.2, 0.25) is 11.8 Å². The number of aliphatic imine (C=N–C) groups is 1. The minimum atomic E-state index is -0.636. The van der Waals surface area contributed by atoms with E-state index in [0.717, 1.165) is 6.07 Å². The molecule has 0 spiro atoms. The van der Waals surface area contributed by atoms with Gasteiger partial charge >= 0.3 is 5.69 Å². The summed E-state index contributed by atoms with van der Waals surface area (Å²) in [5, 5.41) is 11.3. The minimum Gasteiger partial charge on any atom is -0.489 e. The first-order chi connectivity index (χ1) is 13.6. The van der Waals surface area contributed by atoms with E-state index >= 15 is 0 Å².